The molecule has 3 heteroatoms. The molecule has 0 aromatic heterocycles. The minimum atomic E-state index is 0.536. The van der Waals surface area contributed by atoms with Gasteiger partial charge in [-0.05, 0) is 55.6 Å². The van der Waals surface area contributed by atoms with Gasteiger partial charge in [-0.25, -0.2) is 0 Å². The van der Waals surface area contributed by atoms with Crippen LogP contribution >= 0.6 is 0 Å². The number of hydrogen-bond acceptors (Lipinski definition) is 1. The Labute approximate surface area is 115 Å². The lowest BCUT2D eigenvalue weighted by Gasteiger charge is -2.20. The molecular formula is C16H23N3. The van der Waals surface area contributed by atoms with Crippen LogP contribution in [0.5, 0.6) is 0 Å². The Morgan fingerprint density at radius 2 is 2.05 bits per heavy atom. The molecule has 3 nitrogen and oxygen atoms in total. The summed E-state index contributed by atoms with van der Waals surface area (Å²) >= 11 is 0. The fourth-order valence-corrected chi connectivity index (χ4v) is 3.79. The Hall–Kier alpha value is -1.51. The highest BCUT2D eigenvalue weighted by molar-refractivity contribution is 5.92. The van der Waals surface area contributed by atoms with Crippen molar-refractivity contribution in [3.8, 4) is 0 Å². The van der Waals surface area contributed by atoms with E-state index in [1.165, 1.54) is 32.1 Å². The second-order valence-corrected chi connectivity index (χ2v) is 5.98. The number of guanidine groups is 1. The van der Waals surface area contributed by atoms with Crippen molar-refractivity contribution in [1.29, 1.82) is 0 Å². The van der Waals surface area contributed by atoms with E-state index in [2.05, 4.69) is 10.3 Å². The monoisotopic (exact) mass is 257 g/mol. The maximum absolute atomic E-state index is 5.91. The number of rotatable bonds is 4. The lowest BCUT2D eigenvalue weighted by molar-refractivity contribution is 0.318. The molecule has 2 aliphatic rings. The van der Waals surface area contributed by atoms with Crippen LogP contribution in [0.2, 0.25) is 0 Å². The normalized spacial score (nSPS) is 29.7. The average Bonchev–Trinajstić information content (AvgIpc) is 3.02. The van der Waals surface area contributed by atoms with E-state index in [0.29, 0.717) is 5.96 Å². The predicted molar refractivity (Wildman–Crippen MR) is 80.1 cm³/mol. The molecule has 1 aromatic rings. The standard InChI is InChI=1S/C16H23N3/c17-16(19-15-4-2-1-3-5-15)18-9-8-14-11-12-6-7-13(14)10-12/h1-5,12-14H,6-11H2,(H3,17,18,19). The molecule has 2 fully saturated rings. The fourth-order valence-electron chi connectivity index (χ4n) is 3.79. The number of anilines is 1. The van der Waals surface area contributed by atoms with Gasteiger partial charge in [0.25, 0.3) is 0 Å². The van der Waals surface area contributed by atoms with E-state index in [0.717, 1.165) is 30.0 Å². The van der Waals surface area contributed by atoms with Crippen LogP contribution in [0.15, 0.2) is 35.3 Å². The van der Waals surface area contributed by atoms with E-state index in [4.69, 9.17) is 5.73 Å². The van der Waals surface area contributed by atoms with Crippen LogP contribution in [0, 0.1) is 17.8 Å². The lowest BCUT2D eigenvalue weighted by atomic mass is 9.86. The van der Waals surface area contributed by atoms with Crippen LogP contribution in [-0.2, 0) is 0 Å². The van der Waals surface area contributed by atoms with Crippen LogP contribution in [0.4, 0.5) is 5.69 Å². The first-order valence-electron chi connectivity index (χ1n) is 7.43. The maximum atomic E-state index is 5.91. The first kappa shape index (κ1) is 12.5. The van der Waals surface area contributed by atoms with Gasteiger partial charge in [-0.1, -0.05) is 24.6 Å². The van der Waals surface area contributed by atoms with Crippen molar-refractivity contribution < 1.29 is 0 Å². The summed E-state index contributed by atoms with van der Waals surface area (Å²) in [4.78, 5) is 4.45. The number of para-hydroxylation sites is 1. The number of benzene rings is 1. The molecule has 2 aliphatic carbocycles. The summed E-state index contributed by atoms with van der Waals surface area (Å²) in [6.45, 7) is 0.861. The van der Waals surface area contributed by atoms with Crippen LogP contribution in [0.3, 0.4) is 0 Å². The van der Waals surface area contributed by atoms with Gasteiger partial charge < -0.3 is 11.1 Å². The molecule has 0 radical (unpaired) electrons. The SMILES string of the molecule is NC(=NCCC1CC2CCC1C2)Nc1ccccc1. The molecule has 0 aliphatic heterocycles. The molecule has 0 spiro atoms. The summed E-state index contributed by atoms with van der Waals surface area (Å²) in [5.74, 6) is 3.46. The highest BCUT2D eigenvalue weighted by Crippen LogP contribution is 2.49. The third-order valence-corrected chi connectivity index (χ3v) is 4.71. The second kappa shape index (κ2) is 5.64. The molecule has 3 rings (SSSR count). The van der Waals surface area contributed by atoms with Crippen molar-refractivity contribution in [1.82, 2.24) is 0 Å². The van der Waals surface area contributed by atoms with Gasteiger partial charge in [-0.15, -0.1) is 0 Å². The van der Waals surface area contributed by atoms with Crippen LogP contribution < -0.4 is 11.1 Å². The Morgan fingerprint density at radius 1 is 1.21 bits per heavy atom. The van der Waals surface area contributed by atoms with Gasteiger partial charge in [-0.2, -0.15) is 0 Å². The number of nitrogens with two attached hydrogens (primary N) is 1. The zero-order valence-electron chi connectivity index (χ0n) is 11.4. The van der Waals surface area contributed by atoms with Gasteiger partial charge in [0.1, 0.15) is 0 Å². The summed E-state index contributed by atoms with van der Waals surface area (Å²) in [6, 6.07) is 9.97. The maximum Gasteiger partial charge on any atom is 0.193 e. The molecular weight excluding hydrogens is 234 g/mol. The third-order valence-electron chi connectivity index (χ3n) is 4.71. The van der Waals surface area contributed by atoms with Crippen molar-refractivity contribution in [3.63, 3.8) is 0 Å². The number of nitrogens with one attached hydrogen (secondary N) is 1. The van der Waals surface area contributed by atoms with E-state index < -0.39 is 0 Å². The first-order valence-corrected chi connectivity index (χ1v) is 7.43. The van der Waals surface area contributed by atoms with Crippen molar-refractivity contribution >= 4 is 11.6 Å². The van der Waals surface area contributed by atoms with Crippen molar-refractivity contribution in [2.24, 2.45) is 28.5 Å². The summed E-state index contributed by atoms with van der Waals surface area (Å²) in [5.41, 5.74) is 6.91. The molecule has 0 heterocycles. The molecule has 2 bridgehead atoms. The molecule has 0 saturated heterocycles. The Morgan fingerprint density at radius 3 is 2.74 bits per heavy atom. The largest absolute Gasteiger partial charge is 0.370 e. The first-order chi connectivity index (χ1) is 9.31. The molecule has 102 valence electrons. The fraction of sp³-hybridized carbons (Fsp3) is 0.562. The van der Waals surface area contributed by atoms with E-state index in [-0.39, 0.29) is 0 Å². The number of hydrogen-bond donors (Lipinski definition) is 2. The van der Waals surface area contributed by atoms with Crippen LogP contribution in [0.25, 0.3) is 0 Å². The molecule has 3 atom stereocenters. The Kier molecular flexibility index (Phi) is 3.72. The van der Waals surface area contributed by atoms with E-state index in [9.17, 15) is 0 Å². The lowest BCUT2D eigenvalue weighted by Crippen LogP contribution is -2.23. The minimum absolute atomic E-state index is 0.536. The van der Waals surface area contributed by atoms with E-state index in [1.54, 1.807) is 0 Å². The molecule has 19 heavy (non-hydrogen) atoms. The zero-order chi connectivity index (χ0) is 13.1. The summed E-state index contributed by atoms with van der Waals surface area (Å²) < 4.78 is 0. The molecule has 3 N–H and O–H groups in total. The van der Waals surface area contributed by atoms with Gasteiger partial charge in [0.05, 0.1) is 0 Å². The molecule has 3 unspecified atom stereocenters. The summed E-state index contributed by atoms with van der Waals surface area (Å²) in [6.07, 6.45) is 7.05. The summed E-state index contributed by atoms with van der Waals surface area (Å²) in [7, 11) is 0. The van der Waals surface area contributed by atoms with E-state index in [1.807, 2.05) is 30.3 Å². The topological polar surface area (TPSA) is 50.4 Å². The summed E-state index contributed by atoms with van der Waals surface area (Å²) in [5, 5.41) is 3.13. The van der Waals surface area contributed by atoms with Crippen LogP contribution in [-0.4, -0.2) is 12.5 Å². The van der Waals surface area contributed by atoms with E-state index >= 15 is 0 Å². The number of aliphatic imine (C=N–C) groups is 1. The van der Waals surface area contributed by atoms with Crippen LogP contribution in [0.1, 0.15) is 32.1 Å². The van der Waals surface area contributed by atoms with Gasteiger partial charge in [-0.3, -0.25) is 4.99 Å². The third kappa shape index (κ3) is 3.09. The van der Waals surface area contributed by atoms with Crippen molar-refractivity contribution in [2.75, 3.05) is 11.9 Å². The average molecular weight is 257 g/mol. The van der Waals surface area contributed by atoms with Gasteiger partial charge >= 0.3 is 0 Å². The Balaban J connectivity index is 1.44. The highest BCUT2D eigenvalue weighted by atomic mass is 15.1. The van der Waals surface area contributed by atoms with Gasteiger partial charge in [0, 0.05) is 12.2 Å². The zero-order valence-corrected chi connectivity index (χ0v) is 11.4. The van der Waals surface area contributed by atoms with Gasteiger partial charge in [0.15, 0.2) is 5.96 Å². The quantitative estimate of drug-likeness (QED) is 0.642. The molecule has 1 aromatic carbocycles. The predicted octanol–water partition coefficient (Wildman–Crippen LogP) is 3.24. The number of fused-ring (bicyclic) bond motifs is 2. The van der Waals surface area contributed by atoms with Gasteiger partial charge in [0.2, 0.25) is 0 Å². The molecule has 0 amide bonds. The second-order valence-electron chi connectivity index (χ2n) is 5.98. The highest BCUT2D eigenvalue weighted by Gasteiger charge is 2.38. The van der Waals surface area contributed by atoms with Crippen molar-refractivity contribution in [2.45, 2.75) is 32.1 Å². The Bertz CT molecular complexity index is 441. The number of nitrogens with zero attached hydrogens (tertiary/aromatic N) is 1. The molecule has 2 saturated carbocycles. The minimum Gasteiger partial charge on any atom is -0.370 e. The smallest absolute Gasteiger partial charge is 0.193 e. The van der Waals surface area contributed by atoms with Crippen molar-refractivity contribution in [3.05, 3.63) is 30.3 Å².